The van der Waals surface area contributed by atoms with Crippen molar-refractivity contribution >= 4 is 5.96 Å². The third-order valence-electron chi connectivity index (χ3n) is 3.97. The van der Waals surface area contributed by atoms with Gasteiger partial charge in [0.1, 0.15) is 0 Å². The molecule has 0 heterocycles. The molecule has 0 bridgehead atoms. The molecule has 0 saturated heterocycles. The standard InChI is InChI=1S/C17H27N3/c1-4-13(3)20-17(18-5-2)19-12-15-11-16(15)14-9-7-6-8-10-14/h6-10,13,15-16H,4-5,11-12H2,1-3H3,(H2,18,19,20). The molecule has 2 N–H and O–H groups in total. The Morgan fingerprint density at radius 3 is 2.70 bits per heavy atom. The van der Waals surface area contributed by atoms with E-state index in [0.717, 1.165) is 25.5 Å². The Morgan fingerprint density at radius 2 is 2.05 bits per heavy atom. The molecule has 1 aromatic rings. The number of aliphatic imine (C=N–C) groups is 1. The van der Waals surface area contributed by atoms with E-state index in [0.29, 0.717) is 17.9 Å². The van der Waals surface area contributed by atoms with Gasteiger partial charge >= 0.3 is 0 Å². The molecule has 110 valence electrons. The second-order valence-electron chi connectivity index (χ2n) is 5.69. The Kier molecular flexibility index (Phi) is 5.45. The summed E-state index contributed by atoms with van der Waals surface area (Å²) in [6.45, 7) is 8.32. The average Bonchev–Trinajstić information content (AvgIpc) is 3.25. The highest BCUT2D eigenvalue weighted by molar-refractivity contribution is 5.80. The molecule has 2 rings (SSSR count). The molecule has 1 aliphatic carbocycles. The highest BCUT2D eigenvalue weighted by atomic mass is 15.2. The van der Waals surface area contributed by atoms with Crippen LogP contribution >= 0.6 is 0 Å². The largest absolute Gasteiger partial charge is 0.357 e. The van der Waals surface area contributed by atoms with Crippen LogP contribution in [0.2, 0.25) is 0 Å². The van der Waals surface area contributed by atoms with Gasteiger partial charge in [-0.2, -0.15) is 0 Å². The molecule has 3 atom stereocenters. The van der Waals surface area contributed by atoms with Crippen molar-refractivity contribution in [3.05, 3.63) is 35.9 Å². The van der Waals surface area contributed by atoms with Crippen molar-refractivity contribution in [2.75, 3.05) is 13.1 Å². The normalized spacial score (nSPS) is 23.2. The fraction of sp³-hybridized carbons (Fsp3) is 0.588. The first-order chi connectivity index (χ1) is 9.74. The zero-order valence-electron chi connectivity index (χ0n) is 12.9. The first-order valence-corrected chi connectivity index (χ1v) is 7.84. The maximum absolute atomic E-state index is 4.73. The van der Waals surface area contributed by atoms with E-state index in [9.17, 15) is 0 Å². The lowest BCUT2D eigenvalue weighted by Gasteiger charge is -2.16. The molecular weight excluding hydrogens is 246 g/mol. The Labute approximate surface area is 122 Å². The van der Waals surface area contributed by atoms with Gasteiger partial charge in [0, 0.05) is 19.1 Å². The summed E-state index contributed by atoms with van der Waals surface area (Å²) < 4.78 is 0. The molecular formula is C17H27N3. The van der Waals surface area contributed by atoms with Gasteiger partial charge in [0.05, 0.1) is 0 Å². The highest BCUT2D eigenvalue weighted by Gasteiger charge is 2.37. The molecule has 3 nitrogen and oxygen atoms in total. The van der Waals surface area contributed by atoms with E-state index in [1.807, 2.05) is 0 Å². The van der Waals surface area contributed by atoms with E-state index in [4.69, 9.17) is 4.99 Å². The first-order valence-electron chi connectivity index (χ1n) is 7.84. The second kappa shape index (κ2) is 7.32. The lowest BCUT2D eigenvalue weighted by atomic mass is 10.1. The number of nitrogens with zero attached hydrogens (tertiary/aromatic N) is 1. The van der Waals surface area contributed by atoms with Gasteiger partial charge in [-0.15, -0.1) is 0 Å². The molecule has 3 heteroatoms. The van der Waals surface area contributed by atoms with E-state index in [1.54, 1.807) is 0 Å². The second-order valence-corrected chi connectivity index (χ2v) is 5.69. The van der Waals surface area contributed by atoms with Gasteiger partial charge in [-0.25, -0.2) is 0 Å². The quantitative estimate of drug-likeness (QED) is 0.617. The van der Waals surface area contributed by atoms with E-state index in [1.165, 1.54) is 12.0 Å². The monoisotopic (exact) mass is 273 g/mol. The van der Waals surface area contributed by atoms with Crippen molar-refractivity contribution < 1.29 is 0 Å². The maximum atomic E-state index is 4.73. The van der Waals surface area contributed by atoms with Gasteiger partial charge in [-0.1, -0.05) is 37.3 Å². The molecule has 0 amide bonds. The number of nitrogens with one attached hydrogen (secondary N) is 2. The average molecular weight is 273 g/mol. The number of benzene rings is 1. The topological polar surface area (TPSA) is 36.4 Å². The van der Waals surface area contributed by atoms with Crippen molar-refractivity contribution in [2.45, 2.75) is 45.6 Å². The van der Waals surface area contributed by atoms with Crippen LogP contribution in [-0.2, 0) is 0 Å². The van der Waals surface area contributed by atoms with Crippen molar-refractivity contribution in [2.24, 2.45) is 10.9 Å². The zero-order valence-corrected chi connectivity index (χ0v) is 12.9. The molecule has 0 spiro atoms. The molecule has 1 aromatic carbocycles. The molecule has 1 fully saturated rings. The third kappa shape index (κ3) is 4.26. The summed E-state index contributed by atoms with van der Waals surface area (Å²) >= 11 is 0. The van der Waals surface area contributed by atoms with Crippen LogP contribution in [0.1, 0.15) is 45.1 Å². The van der Waals surface area contributed by atoms with Crippen LogP contribution in [0.5, 0.6) is 0 Å². The van der Waals surface area contributed by atoms with Gasteiger partial charge in [0.2, 0.25) is 0 Å². The smallest absolute Gasteiger partial charge is 0.191 e. The van der Waals surface area contributed by atoms with Gasteiger partial charge in [-0.05, 0) is 44.1 Å². The number of hydrogen-bond donors (Lipinski definition) is 2. The zero-order chi connectivity index (χ0) is 14.4. The third-order valence-corrected chi connectivity index (χ3v) is 3.97. The van der Waals surface area contributed by atoms with Crippen LogP contribution in [-0.4, -0.2) is 25.1 Å². The predicted octanol–water partition coefficient (Wildman–Crippen LogP) is 3.14. The van der Waals surface area contributed by atoms with Crippen molar-refractivity contribution in [1.29, 1.82) is 0 Å². The molecule has 20 heavy (non-hydrogen) atoms. The fourth-order valence-electron chi connectivity index (χ4n) is 2.42. The van der Waals surface area contributed by atoms with E-state index in [2.05, 4.69) is 61.7 Å². The minimum Gasteiger partial charge on any atom is -0.357 e. The molecule has 1 aliphatic rings. The number of rotatable bonds is 6. The highest BCUT2D eigenvalue weighted by Crippen LogP contribution is 2.47. The van der Waals surface area contributed by atoms with Gasteiger partial charge < -0.3 is 10.6 Å². The Bertz CT molecular complexity index is 427. The fourth-order valence-corrected chi connectivity index (χ4v) is 2.42. The summed E-state index contributed by atoms with van der Waals surface area (Å²) in [4.78, 5) is 4.73. The molecule has 0 aliphatic heterocycles. The van der Waals surface area contributed by atoms with Crippen LogP contribution < -0.4 is 10.6 Å². The molecule has 1 saturated carbocycles. The summed E-state index contributed by atoms with van der Waals surface area (Å²) in [7, 11) is 0. The molecule has 0 radical (unpaired) electrons. The van der Waals surface area contributed by atoms with Crippen molar-refractivity contribution in [3.63, 3.8) is 0 Å². The van der Waals surface area contributed by atoms with Crippen LogP contribution in [0.15, 0.2) is 35.3 Å². The number of guanidine groups is 1. The first kappa shape index (κ1) is 14.9. The lowest BCUT2D eigenvalue weighted by Crippen LogP contribution is -2.42. The Balaban J connectivity index is 1.85. The molecule has 3 unspecified atom stereocenters. The SMILES string of the molecule is CCNC(=NCC1CC1c1ccccc1)NC(C)CC. The minimum absolute atomic E-state index is 0.469. The van der Waals surface area contributed by atoms with Crippen molar-refractivity contribution in [3.8, 4) is 0 Å². The van der Waals surface area contributed by atoms with Crippen LogP contribution in [0.25, 0.3) is 0 Å². The maximum Gasteiger partial charge on any atom is 0.191 e. The summed E-state index contributed by atoms with van der Waals surface area (Å²) in [6.07, 6.45) is 2.39. The number of hydrogen-bond acceptors (Lipinski definition) is 1. The van der Waals surface area contributed by atoms with Crippen LogP contribution in [0, 0.1) is 5.92 Å². The Hall–Kier alpha value is -1.51. The van der Waals surface area contributed by atoms with Crippen molar-refractivity contribution in [1.82, 2.24) is 10.6 Å². The summed E-state index contributed by atoms with van der Waals surface area (Å²) in [5.74, 6) is 2.39. The minimum atomic E-state index is 0.469. The van der Waals surface area contributed by atoms with Crippen LogP contribution in [0.3, 0.4) is 0 Å². The summed E-state index contributed by atoms with van der Waals surface area (Å²) in [5, 5.41) is 6.77. The van der Waals surface area contributed by atoms with Crippen LogP contribution in [0.4, 0.5) is 0 Å². The van der Waals surface area contributed by atoms with E-state index < -0.39 is 0 Å². The summed E-state index contributed by atoms with van der Waals surface area (Å²) in [5.41, 5.74) is 1.47. The Morgan fingerprint density at radius 1 is 1.30 bits per heavy atom. The summed E-state index contributed by atoms with van der Waals surface area (Å²) in [6, 6.07) is 11.3. The van der Waals surface area contributed by atoms with Gasteiger partial charge in [0.25, 0.3) is 0 Å². The molecule has 0 aromatic heterocycles. The van der Waals surface area contributed by atoms with Gasteiger partial charge in [0.15, 0.2) is 5.96 Å². The predicted molar refractivity (Wildman–Crippen MR) is 86.2 cm³/mol. The van der Waals surface area contributed by atoms with E-state index in [-0.39, 0.29) is 0 Å². The van der Waals surface area contributed by atoms with Gasteiger partial charge in [-0.3, -0.25) is 4.99 Å². The lowest BCUT2D eigenvalue weighted by molar-refractivity contribution is 0.622. The van der Waals surface area contributed by atoms with E-state index >= 15 is 0 Å².